The van der Waals surface area contributed by atoms with Gasteiger partial charge in [-0.1, -0.05) is 105 Å². The Morgan fingerprint density at radius 3 is 1.73 bits per heavy atom. The third-order valence-corrected chi connectivity index (χ3v) is 9.84. The van der Waals surface area contributed by atoms with E-state index < -0.39 is 5.41 Å². The number of anilines is 2. The molecule has 2 aliphatic heterocycles. The SMILES string of the molecule is CC1(C)c2cccc(C#N)c2N(B2c3ccccc3C3(C)c4ccccc4-c4cccc2c43)c2c(C#N)cccc21. The molecule has 8 rings (SSSR count). The average molecular weight is 523 g/mol. The predicted octanol–water partition coefficient (Wildman–Crippen LogP) is 6.66. The molecule has 0 saturated heterocycles. The number of hydrogen-bond donors (Lipinski definition) is 0. The third-order valence-electron chi connectivity index (χ3n) is 9.84. The third kappa shape index (κ3) is 2.77. The second-order valence-electron chi connectivity index (χ2n) is 12.1. The minimum atomic E-state index is -0.390. The quantitative estimate of drug-likeness (QED) is 0.231. The summed E-state index contributed by atoms with van der Waals surface area (Å²) in [5.74, 6) is 0. The van der Waals surface area contributed by atoms with Crippen LogP contribution in [0.15, 0.2) is 103 Å². The van der Waals surface area contributed by atoms with E-state index in [1.807, 2.05) is 24.3 Å². The number of rotatable bonds is 1. The molecule has 4 heteroatoms. The van der Waals surface area contributed by atoms with Crippen LogP contribution < -0.4 is 15.7 Å². The highest BCUT2D eigenvalue weighted by Gasteiger charge is 2.53. The van der Waals surface area contributed by atoms with Crippen LogP contribution in [0.1, 0.15) is 59.7 Å². The molecule has 1 unspecified atom stereocenters. The van der Waals surface area contributed by atoms with E-state index in [9.17, 15) is 10.5 Å². The Bertz CT molecular complexity index is 1980. The molecule has 2 heterocycles. The van der Waals surface area contributed by atoms with E-state index in [-0.39, 0.29) is 12.3 Å². The monoisotopic (exact) mass is 523 g/mol. The van der Waals surface area contributed by atoms with Crippen molar-refractivity contribution in [1.29, 1.82) is 10.5 Å². The molecule has 5 aromatic rings. The lowest BCUT2D eigenvalue weighted by molar-refractivity contribution is 0.633. The maximum absolute atomic E-state index is 10.5. The van der Waals surface area contributed by atoms with Gasteiger partial charge in [-0.2, -0.15) is 10.5 Å². The highest BCUT2D eigenvalue weighted by atomic mass is 15.1. The van der Waals surface area contributed by atoms with E-state index in [4.69, 9.17) is 0 Å². The van der Waals surface area contributed by atoms with Gasteiger partial charge < -0.3 is 4.81 Å². The van der Waals surface area contributed by atoms with Gasteiger partial charge in [0.1, 0.15) is 12.1 Å². The number of para-hydroxylation sites is 2. The van der Waals surface area contributed by atoms with Gasteiger partial charge in [0.25, 0.3) is 0 Å². The topological polar surface area (TPSA) is 50.8 Å². The van der Waals surface area contributed by atoms with E-state index >= 15 is 0 Å². The van der Waals surface area contributed by atoms with Crippen LogP contribution in [0.25, 0.3) is 11.1 Å². The Hall–Kier alpha value is -5.06. The van der Waals surface area contributed by atoms with Crippen molar-refractivity contribution in [3.8, 4) is 23.3 Å². The van der Waals surface area contributed by atoms with Crippen molar-refractivity contribution in [2.45, 2.75) is 31.6 Å². The summed E-state index contributed by atoms with van der Waals surface area (Å²) in [5.41, 5.74) is 13.4. The van der Waals surface area contributed by atoms with Gasteiger partial charge >= 0.3 is 6.85 Å². The molecule has 0 aromatic heterocycles. The van der Waals surface area contributed by atoms with Crippen LogP contribution in [-0.2, 0) is 10.8 Å². The van der Waals surface area contributed by atoms with E-state index in [1.165, 1.54) is 38.7 Å². The van der Waals surface area contributed by atoms with E-state index in [0.29, 0.717) is 11.1 Å². The molecule has 0 bridgehead atoms. The van der Waals surface area contributed by atoms with Gasteiger partial charge in [-0.25, -0.2) is 0 Å². The van der Waals surface area contributed by atoms with Crippen molar-refractivity contribution in [2.75, 3.05) is 4.81 Å². The minimum absolute atomic E-state index is 0.221. The van der Waals surface area contributed by atoms with Crippen molar-refractivity contribution in [3.63, 3.8) is 0 Å². The van der Waals surface area contributed by atoms with Gasteiger partial charge in [-0.15, -0.1) is 0 Å². The van der Waals surface area contributed by atoms with Gasteiger partial charge in [0, 0.05) is 10.8 Å². The standard InChI is InChI=1S/C37H26BN3/c1-36(2)29-17-8-11-23(21-39)34(29)41(35-24(22-40)12-9-18-30(35)36)38-31-19-7-6-16-28(31)37(3)27-15-5-4-13-25(27)26-14-10-20-32(38)33(26)37/h4-20H,1-3H3. The van der Waals surface area contributed by atoms with Crippen LogP contribution in [0.5, 0.6) is 0 Å². The van der Waals surface area contributed by atoms with Crippen LogP contribution >= 0.6 is 0 Å². The summed E-state index contributed by atoms with van der Waals surface area (Å²) < 4.78 is 0. The molecule has 1 aliphatic carbocycles. The normalized spacial score (nSPS) is 18.3. The van der Waals surface area contributed by atoms with Crippen molar-refractivity contribution < 1.29 is 0 Å². The summed E-state index contributed by atoms with van der Waals surface area (Å²) >= 11 is 0. The summed E-state index contributed by atoms with van der Waals surface area (Å²) in [6.07, 6.45) is 0. The molecular formula is C37H26BN3. The zero-order chi connectivity index (χ0) is 28.1. The van der Waals surface area contributed by atoms with Crippen molar-refractivity contribution >= 4 is 29.1 Å². The van der Waals surface area contributed by atoms with E-state index in [0.717, 1.165) is 22.5 Å². The fourth-order valence-electron chi connectivity index (χ4n) is 8.10. The number of nitriles is 2. The number of nitrogens with zero attached hydrogens (tertiary/aromatic N) is 3. The molecule has 0 radical (unpaired) electrons. The van der Waals surface area contributed by atoms with E-state index in [2.05, 4.69) is 117 Å². The molecule has 1 atom stereocenters. The van der Waals surface area contributed by atoms with Crippen molar-refractivity contribution in [1.82, 2.24) is 0 Å². The lowest BCUT2D eigenvalue weighted by atomic mass is 9.40. The van der Waals surface area contributed by atoms with Gasteiger partial charge in [0.2, 0.25) is 0 Å². The highest BCUT2D eigenvalue weighted by Crippen LogP contribution is 2.55. The fourth-order valence-corrected chi connectivity index (χ4v) is 8.10. The Kier molecular flexibility index (Phi) is 4.64. The fraction of sp³-hybridized carbons (Fsp3) is 0.135. The number of fused-ring (bicyclic) bond motifs is 7. The summed E-state index contributed by atoms with van der Waals surface area (Å²) in [5, 5.41) is 20.9. The molecule has 41 heavy (non-hydrogen) atoms. The predicted molar refractivity (Wildman–Crippen MR) is 165 cm³/mol. The van der Waals surface area contributed by atoms with E-state index in [1.54, 1.807) is 0 Å². The first-order valence-electron chi connectivity index (χ1n) is 14.1. The molecule has 3 aliphatic rings. The summed E-state index contributed by atoms with van der Waals surface area (Å²) in [7, 11) is 0. The summed E-state index contributed by atoms with van der Waals surface area (Å²) in [4.78, 5) is 2.32. The summed E-state index contributed by atoms with van der Waals surface area (Å²) in [6, 6.07) is 41.3. The zero-order valence-electron chi connectivity index (χ0n) is 23.2. The van der Waals surface area contributed by atoms with Crippen molar-refractivity contribution in [3.05, 3.63) is 142 Å². The second-order valence-corrected chi connectivity index (χ2v) is 12.1. The first kappa shape index (κ1) is 23.8. The maximum atomic E-state index is 10.5. The lowest BCUT2D eigenvalue weighted by Gasteiger charge is -2.48. The zero-order valence-corrected chi connectivity index (χ0v) is 23.2. The number of hydrogen-bond acceptors (Lipinski definition) is 3. The highest BCUT2D eigenvalue weighted by molar-refractivity contribution is 6.90. The Morgan fingerprint density at radius 2 is 1.07 bits per heavy atom. The Labute approximate surface area is 241 Å². The molecule has 3 nitrogen and oxygen atoms in total. The first-order chi connectivity index (χ1) is 19.9. The largest absolute Gasteiger partial charge is 0.374 e. The Morgan fingerprint density at radius 1 is 0.561 bits per heavy atom. The van der Waals surface area contributed by atoms with Crippen LogP contribution in [0.2, 0.25) is 0 Å². The van der Waals surface area contributed by atoms with Gasteiger partial charge in [0.15, 0.2) is 0 Å². The molecular weight excluding hydrogens is 497 g/mol. The smallest absolute Gasteiger partial charge is 0.328 e. The molecule has 5 aromatic carbocycles. The van der Waals surface area contributed by atoms with Gasteiger partial charge in [0.05, 0.1) is 22.5 Å². The molecule has 0 fully saturated rings. The molecule has 192 valence electrons. The molecule has 0 spiro atoms. The maximum Gasteiger partial charge on any atom is 0.328 e. The summed E-state index contributed by atoms with van der Waals surface area (Å²) in [6.45, 7) is 6.54. The van der Waals surface area contributed by atoms with Crippen LogP contribution in [-0.4, -0.2) is 6.85 Å². The molecule has 0 amide bonds. The van der Waals surface area contributed by atoms with Crippen LogP contribution in [0.3, 0.4) is 0 Å². The molecule has 0 saturated carbocycles. The first-order valence-corrected chi connectivity index (χ1v) is 14.1. The van der Waals surface area contributed by atoms with Gasteiger partial charge in [-0.3, -0.25) is 0 Å². The second kappa shape index (κ2) is 8.00. The Balaban J connectivity index is 1.54. The lowest BCUT2D eigenvalue weighted by Crippen LogP contribution is -2.63. The average Bonchev–Trinajstić information content (AvgIpc) is 3.28. The van der Waals surface area contributed by atoms with Crippen LogP contribution in [0.4, 0.5) is 11.4 Å². The minimum Gasteiger partial charge on any atom is -0.374 e. The van der Waals surface area contributed by atoms with Gasteiger partial charge in [-0.05, 0) is 68.9 Å². The van der Waals surface area contributed by atoms with Crippen molar-refractivity contribution in [2.24, 2.45) is 0 Å². The number of benzene rings is 5. The molecule has 0 N–H and O–H groups in total. The van der Waals surface area contributed by atoms with Crippen LogP contribution in [0, 0.1) is 22.7 Å².